The first kappa shape index (κ1) is 19.6. The second kappa shape index (κ2) is 7.88. The molecule has 0 saturated heterocycles. The fraction of sp³-hybridized carbons (Fsp3) is 0.500. The molecule has 0 aliphatic heterocycles. The molecule has 0 saturated carbocycles. The van der Waals surface area contributed by atoms with Crippen LogP contribution in [0.3, 0.4) is 0 Å². The zero-order valence-electron chi connectivity index (χ0n) is 13.9. The highest BCUT2D eigenvalue weighted by molar-refractivity contribution is 6.42. The van der Waals surface area contributed by atoms with Crippen LogP contribution in [0.2, 0.25) is 10.0 Å². The third-order valence-corrected chi connectivity index (χ3v) is 3.62. The van der Waals surface area contributed by atoms with Gasteiger partial charge in [-0.25, -0.2) is 4.79 Å². The molecule has 1 N–H and O–H groups in total. The van der Waals surface area contributed by atoms with Crippen LogP contribution in [-0.4, -0.2) is 35.6 Å². The summed E-state index contributed by atoms with van der Waals surface area (Å²) in [6.07, 6.45) is -0.624. The normalized spacial score (nSPS) is 12.5. The number of nitrogens with zero attached hydrogens (tertiary/aromatic N) is 1. The van der Waals surface area contributed by atoms with Crippen LogP contribution in [0.15, 0.2) is 18.2 Å². The maximum Gasteiger partial charge on any atom is 0.408 e. The predicted octanol–water partition coefficient (Wildman–Crippen LogP) is 3.87. The molecule has 23 heavy (non-hydrogen) atoms. The Labute approximate surface area is 146 Å². The fourth-order valence-electron chi connectivity index (χ4n) is 1.87. The van der Waals surface area contributed by atoms with E-state index in [4.69, 9.17) is 27.9 Å². The van der Waals surface area contributed by atoms with Crippen molar-refractivity contribution in [3.05, 3.63) is 33.8 Å². The molecule has 0 aliphatic rings. The lowest BCUT2D eigenvalue weighted by Crippen LogP contribution is -2.46. The first-order valence-corrected chi connectivity index (χ1v) is 7.93. The molecule has 2 amide bonds. The third kappa shape index (κ3) is 6.67. The van der Waals surface area contributed by atoms with Gasteiger partial charge in [0.05, 0.1) is 10.0 Å². The van der Waals surface area contributed by atoms with Crippen molar-refractivity contribution in [3.63, 3.8) is 0 Å². The molecule has 1 rings (SSSR count). The highest BCUT2D eigenvalue weighted by Crippen LogP contribution is 2.23. The van der Waals surface area contributed by atoms with Crippen molar-refractivity contribution in [2.75, 3.05) is 7.05 Å². The number of ether oxygens (including phenoxy) is 1. The van der Waals surface area contributed by atoms with Crippen molar-refractivity contribution >= 4 is 35.2 Å². The van der Waals surface area contributed by atoms with Gasteiger partial charge in [0, 0.05) is 13.6 Å². The predicted molar refractivity (Wildman–Crippen MR) is 91.8 cm³/mol. The van der Waals surface area contributed by atoms with Crippen LogP contribution in [0.5, 0.6) is 0 Å². The molecule has 128 valence electrons. The molecular formula is C16H22Cl2N2O3. The number of rotatable bonds is 4. The van der Waals surface area contributed by atoms with Crippen LogP contribution in [0.1, 0.15) is 33.3 Å². The molecule has 0 bridgehead atoms. The van der Waals surface area contributed by atoms with Gasteiger partial charge in [-0.1, -0.05) is 29.3 Å². The number of halogens is 2. The Morgan fingerprint density at radius 2 is 1.87 bits per heavy atom. The van der Waals surface area contributed by atoms with E-state index in [0.29, 0.717) is 16.6 Å². The number of carbonyl (C=O) groups is 2. The van der Waals surface area contributed by atoms with Crippen LogP contribution < -0.4 is 5.32 Å². The molecule has 0 aromatic heterocycles. The maximum atomic E-state index is 12.3. The van der Waals surface area contributed by atoms with Crippen molar-refractivity contribution in [3.8, 4) is 0 Å². The van der Waals surface area contributed by atoms with Crippen molar-refractivity contribution < 1.29 is 14.3 Å². The van der Waals surface area contributed by atoms with E-state index in [9.17, 15) is 9.59 Å². The number of amides is 2. The van der Waals surface area contributed by atoms with Crippen LogP contribution in [0, 0.1) is 0 Å². The molecule has 0 spiro atoms. The van der Waals surface area contributed by atoms with E-state index in [0.717, 1.165) is 5.56 Å². The van der Waals surface area contributed by atoms with Crippen molar-refractivity contribution in [1.82, 2.24) is 10.2 Å². The molecule has 1 aromatic carbocycles. The molecule has 1 atom stereocenters. The fourth-order valence-corrected chi connectivity index (χ4v) is 2.19. The van der Waals surface area contributed by atoms with E-state index >= 15 is 0 Å². The zero-order valence-corrected chi connectivity index (χ0v) is 15.5. The summed E-state index contributed by atoms with van der Waals surface area (Å²) in [4.78, 5) is 25.5. The number of nitrogens with one attached hydrogen (secondary N) is 1. The number of benzene rings is 1. The van der Waals surface area contributed by atoms with Crippen molar-refractivity contribution in [2.45, 2.75) is 45.9 Å². The second-order valence-electron chi connectivity index (χ2n) is 6.31. The van der Waals surface area contributed by atoms with E-state index in [1.165, 1.54) is 4.90 Å². The molecule has 1 aromatic rings. The van der Waals surface area contributed by atoms with E-state index in [-0.39, 0.29) is 5.91 Å². The Balaban J connectivity index is 2.61. The summed E-state index contributed by atoms with van der Waals surface area (Å²) in [6.45, 7) is 7.24. The number of likely N-dealkylation sites (N-methyl/N-ethyl adjacent to an activating group) is 1. The summed E-state index contributed by atoms with van der Waals surface area (Å²) in [5.74, 6) is -0.234. The molecule has 0 fully saturated rings. The lowest BCUT2D eigenvalue weighted by atomic mass is 10.2. The molecule has 5 nitrogen and oxygen atoms in total. The van der Waals surface area contributed by atoms with Crippen molar-refractivity contribution in [2.24, 2.45) is 0 Å². The van der Waals surface area contributed by atoms with Gasteiger partial charge in [-0.2, -0.15) is 0 Å². The molecule has 0 radical (unpaired) electrons. The number of hydrogen-bond acceptors (Lipinski definition) is 3. The molecule has 7 heteroatoms. The number of carbonyl (C=O) groups excluding carboxylic acids is 2. The van der Waals surface area contributed by atoms with Crippen LogP contribution in [0.4, 0.5) is 4.79 Å². The monoisotopic (exact) mass is 360 g/mol. The van der Waals surface area contributed by atoms with E-state index < -0.39 is 17.7 Å². The minimum atomic E-state index is -0.697. The maximum absolute atomic E-state index is 12.3. The van der Waals surface area contributed by atoms with Gasteiger partial charge in [-0.05, 0) is 45.4 Å². The Kier molecular flexibility index (Phi) is 6.71. The summed E-state index contributed by atoms with van der Waals surface area (Å²) in [5.41, 5.74) is 0.235. The topological polar surface area (TPSA) is 58.6 Å². The first-order chi connectivity index (χ1) is 10.5. The van der Waals surface area contributed by atoms with Crippen LogP contribution in [-0.2, 0) is 16.1 Å². The molecular weight excluding hydrogens is 339 g/mol. The Bertz CT molecular complexity index is 585. The third-order valence-electron chi connectivity index (χ3n) is 2.88. The van der Waals surface area contributed by atoms with Crippen LogP contribution >= 0.6 is 23.2 Å². The largest absolute Gasteiger partial charge is 0.444 e. The van der Waals surface area contributed by atoms with Gasteiger partial charge in [0.2, 0.25) is 5.91 Å². The Morgan fingerprint density at radius 1 is 1.26 bits per heavy atom. The zero-order chi connectivity index (χ0) is 17.8. The highest BCUT2D eigenvalue weighted by Gasteiger charge is 2.23. The SMILES string of the molecule is CC(NC(=O)OC(C)(C)C)C(=O)N(C)Cc1ccc(Cl)c(Cl)c1. The summed E-state index contributed by atoms with van der Waals surface area (Å²) in [7, 11) is 1.65. The van der Waals surface area contributed by atoms with Gasteiger partial charge in [0.15, 0.2) is 0 Å². The van der Waals surface area contributed by atoms with E-state index in [1.54, 1.807) is 52.9 Å². The van der Waals surface area contributed by atoms with Crippen molar-refractivity contribution in [1.29, 1.82) is 0 Å². The lowest BCUT2D eigenvalue weighted by Gasteiger charge is -2.24. The second-order valence-corrected chi connectivity index (χ2v) is 7.13. The van der Waals surface area contributed by atoms with E-state index in [1.807, 2.05) is 0 Å². The molecule has 0 aliphatic carbocycles. The van der Waals surface area contributed by atoms with Gasteiger partial charge in [0.25, 0.3) is 0 Å². The smallest absolute Gasteiger partial charge is 0.408 e. The number of hydrogen-bond donors (Lipinski definition) is 1. The standard InChI is InChI=1S/C16H22Cl2N2O3/c1-10(19-15(22)23-16(2,3)4)14(21)20(5)9-11-6-7-12(17)13(18)8-11/h6-8,10H,9H2,1-5H3,(H,19,22). The first-order valence-electron chi connectivity index (χ1n) is 7.18. The average molecular weight is 361 g/mol. The van der Waals surface area contributed by atoms with Gasteiger partial charge in [-0.15, -0.1) is 0 Å². The van der Waals surface area contributed by atoms with Crippen LogP contribution in [0.25, 0.3) is 0 Å². The molecule has 0 heterocycles. The summed E-state index contributed by atoms with van der Waals surface area (Å²) in [5, 5.41) is 3.42. The van der Waals surface area contributed by atoms with E-state index in [2.05, 4.69) is 5.32 Å². The molecule has 1 unspecified atom stereocenters. The van der Waals surface area contributed by atoms with Gasteiger partial charge in [0.1, 0.15) is 11.6 Å². The summed E-state index contributed by atoms with van der Waals surface area (Å²) >= 11 is 11.8. The van der Waals surface area contributed by atoms with Gasteiger partial charge < -0.3 is 15.0 Å². The minimum absolute atomic E-state index is 0.234. The van der Waals surface area contributed by atoms with Gasteiger partial charge >= 0.3 is 6.09 Å². The lowest BCUT2D eigenvalue weighted by molar-refractivity contribution is -0.132. The summed E-state index contributed by atoms with van der Waals surface area (Å²) in [6, 6.07) is 4.49. The quantitative estimate of drug-likeness (QED) is 0.886. The minimum Gasteiger partial charge on any atom is -0.444 e. The number of alkyl carbamates (subject to hydrolysis) is 1. The average Bonchev–Trinajstić information content (AvgIpc) is 2.39. The summed E-state index contributed by atoms with van der Waals surface area (Å²) < 4.78 is 5.13. The Morgan fingerprint density at radius 3 is 2.39 bits per heavy atom. The van der Waals surface area contributed by atoms with Gasteiger partial charge in [-0.3, -0.25) is 4.79 Å². The highest BCUT2D eigenvalue weighted by atomic mass is 35.5. The Hall–Kier alpha value is -1.46.